The van der Waals surface area contributed by atoms with Gasteiger partial charge in [-0.15, -0.1) is 20.5 Å². The average Bonchev–Trinajstić information content (AvgIpc) is 3.52. The highest BCUT2D eigenvalue weighted by Gasteiger charge is 2.28. The molecule has 200 valence electrons. The first-order chi connectivity index (χ1) is 18.5. The van der Waals surface area contributed by atoms with E-state index in [0.717, 1.165) is 57.1 Å². The van der Waals surface area contributed by atoms with Gasteiger partial charge in [-0.3, -0.25) is 0 Å². The molecule has 4 aromatic rings. The van der Waals surface area contributed by atoms with Crippen LogP contribution in [-0.2, 0) is 11.0 Å². The molecule has 2 heterocycles. The van der Waals surface area contributed by atoms with E-state index in [0.29, 0.717) is 11.7 Å². The van der Waals surface area contributed by atoms with Gasteiger partial charge in [0.1, 0.15) is 9.83 Å². The molecule has 0 aliphatic heterocycles. The highest BCUT2D eigenvalue weighted by atomic mass is 32.1. The van der Waals surface area contributed by atoms with Crippen molar-refractivity contribution in [3.8, 4) is 0 Å². The molecule has 7 nitrogen and oxygen atoms in total. The first kappa shape index (κ1) is 28.2. The molecule has 38 heavy (non-hydrogen) atoms. The maximum absolute atomic E-state index is 6.40. The van der Waals surface area contributed by atoms with Crippen LogP contribution < -0.4 is 4.90 Å². The Hall–Kier alpha value is -2.79. The number of rotatable bonds is 13. The third-order valence-electron chi connectivity index (χ3n) is 6.97. The van der Waals surface area contributed by atoms with Crippen molar-refractivity contribution in [3.63, 3.8) is 0 Å². The van der Waals surface area contributed by atoms with Gasteiger partial charge in [-0.1, -0.05) is 55.6 Å². The predicted molar refractivity (Wildman–Crippen MR) is 164 cm³/mol. The van der Waals surface area contributed by atoms with Crippen molar-refractivity contribution in [1.29, 1.82) is 0 Å². The first-order valence-electron chi connectivity index (χ1n) is 13.3. The normalized spacial score (nSPS) is 12.3. The lowest BCUT2D eigenvalue weighted by atomic mass is 10.2. The van der Waals surface area contributed by atoms with Gasteiger partial charge in [-0.25, -0.2) is 4.98 Å². The van der Waals surface area contributed by atoms with E-state index in [4.69, 9.17) is 4.43 Å². The fourth-order valence-electron chi connectivity index (χ4n) is 4.28. The maximum atomic E-state index is 6.40. The molecular weight excluding hydrogens is 529 g/mol. The van der Waals surface area contributed by atoms with E-state index in [1.807, 2.05) is 30.3 Å². The summed E-state index contributed by atoms with van der Waals surface area (Å²) in [5.41, 5.74) is 4.01. The summed E-state index contributed by atoms with van der Waals surface area (Å²) < 4.78 is 7.44. The van der Waals surface area contributed by atoms with E-state index in [2.05, 4.69) is 89.2 Å². The number of nitrogens with zero attached hydrogens (tertiary/aromatic N) is 6. The van der Waals surface area contributed by atoms with Gasteiger partial charge < -0.3 is 9.33 Å². The van der Waals surface area contributed by atoms with Crippen molar-refractivity contribution in [2.75, 3.05) is 18.0 Å². The molecule has 4 rings (SSSR count). The minimum absolute atomic E-state index is 0.640. The second kappa shape index (κ2) is 13.3. The Morgan fingerprint density at radius 3 is 1.95 bits per heavy atom. The largest absolute Gasteiger partial charge is 0.413 e. The maximum Gasteiger partial charge on any atom is 0.231 e. The Labute approximate surface area is 234 Å². The van der Waals surface area contributed by atoms with Crippen LogP contribution in [0.1, 0.15) is 40.2 Å². The summed E-state index contributed by atoms with van der Waals surface area (Å²) in [7, 11) is -1.58. The molecule has 2 aromatic carbocycles. The number of anilines is 1. The predicted octanol–water partition coefficient (Wildman–Crippen LogP) is 10.6. The summed E-state index contributed by atoms with van der Waals surface area (Å²) in [6.45, 7) is 13.7. The third-order valence-corrected chi connectivity index (χ3v) is 13.5. The number of thiazole rings is 1. The number of azo groups is 2. The van der Waals surface area contributed by atoms with E-state index in [1.165, 1.54) is 33.9 Å². The molecular formula is C28H36N6OS2Si. The zero-order valence-corrected chi connectivity index (χ0v) is 25.5. The first-order valence-corrected chi connectivity index (χ1v) is 17.5. The highest BCUT2D eigenvalue weighted by molar-refractivity contribution is 7.30. The lowest BCUT2D eigenvalue weighted by molar-refractivity contribution is 0.287. The molecule has 0 bridgehead atoms. The van der Waals surface area contributed by atoms with Gasteiger partial charge in [0.15, 0.2) is 8.32 Å². The number of thiophene rings is 1. The highest BCUT2D eigenvalue weighted by Crippen LogP contribution is 2.39. The summed E-state index contributed by atoms with van der Waals surface area (Å²) in [4.78, 5) is 7.80. The Kier molecular flexibility index (Phi) is 9.90. The van der Waals surface area contributed by atoms with Gasteiger partial charge in [0, 0.05) is 18.8 Å². The van der Waals surface area contributed by atoms with E-state index < -0.39 is 8.32 Å². The Balaban J connectivity index is 1.35. The fourth-order valence-corrected chi connectivity index (χ4v) is 8.72. The number of benzene rings is 2. The monoisotopic (exact) mass is 564 g/mol. The number of hydrogen-bond donors (Lipinski definition) is 0. The van der Waals surface area contributed by atoms with Gasteiger partial charge >= 0.3 is 0 Å². The molecule has 0 saturated carbocycles. The second-order valence-electron chi connectivity index (χ2n) is 9.04. The molecule has 0 aliphatic rings. The van der Waals surface area contributed by atoms with Crippen LogP contribution in [0.3, 0.4) is 0 Å². The standard InChI is InChI=1S/C28H36N6OS2Si/c1-6-34(7-2)24-17-15-23(16-18-24)31-33-28-29-27-25(36-28)19-26(37-27)32-30-22-13-11-21(12-14-22)20-35-38(8-3,9-4)10-5/h11-19H,6-10,20H2,1-5H3. The van der Waals surface area contributed by atoms with Crippen LogP contribution in [0, 0.1) is 0 Å². The molecule has 0 fully saturated rings. The van der Waals surface area contributed by atoms with Crippen molar-refractivity contribution in [1.82, 2.24) is 4.98 Å². The Morgan fingerprint density at radius 1 is 0.763 bits per heavy atom. The molecule has 0 N–H and O–H groups in total. The zero-order valence-electron chi connectivity index (χ0n) is 22.8. The molecule has 0 amide bonds. The van der Waals surface area contributed by atoms with Crippen LogP contribution in [0.5, 0.6) is 0 Å². The van der Waals surface area contributed by atoms with E-state index in [9.17, 15) is 0 Å². The van der Waals surface area contributed by atoms with Crippen LogP contribution in [0.15, 0.2) is 75.1 Å². The number of fused-ring (bicyclic) bond motifs is 1. The summed E-state index contributed by atoms with van der Waals surface area (Å²) in [5.74, 6) is 0. The summed E-state index contributed by atoms with van der Waals surface area (Å²) >= 11 is 3.01. The van der Waals surface area contributed by atoms with E-state index >= 15 is 0 Å². The summed E-state index contributed by atoms with van der Waals surface area (Å²) in [6, 6.07) is 21.8. The molecule has 0 unspecified atom stereocenters. The lowest BCUT2D eigenvalue weighted by Crippen LogP contribution is -2.35. The average molecular weight is 565 g/mol. The van der Waals surface area contributed by atoms with Crippen molar-refractivity contribution < 1.29 is 4.43 Å². The van der Waals surface area contributed by atoms with Crippen LogP contribution in [0.2, 0.25) is 18.1 Å². The zero-order chi connectivity index (χ0) is 27.0. The van der Waals surface area contributed by atoms with Crippen LogP contribution in [-0.4, -0.2) is 26.4 Å². The lowest BCUT2D eigenvalue weighted by Gasteiger charge is -2.28. The molecule has 0 spiro atoms. The molecule has 0 atom stereocenters. The Bertz CT molecular complexity index is 1320. The molecule has 0 radical (unpaired) electrons. The molecule has 0 saturated heterocycles. The van der Waals surface area contributed by atoms with Gasteiger partial charge in [0.25, 0.3) is 0 Å². The minimum Gasteiger partial charge on any atom is -0.413 e. The van der Waals surface area contributed by atoms with Crippen molar-refractivity contribution in [2.24, 2.45) is 20.5 Å². The molecule has 10 heteroatoms. The smallest absolute Gasteiger partial charge is 0.231 e. The van der Waals surface area contributed by atoms with Crippen LogP contribution in [0.4, 0.5) is 27.2 Å². The second-order valence-corrected chi connectivity index (χ2v) is 15.8. The summed E-state index contributed by atoms with van der Waals surface area (Å²) in [5, 5.41) is 19.0. The van der Waals surface area contributed by atoms with E-state index in [1.54, 1.807) is 0 Å². The van der Waals surface area contributed by atoms with Gasteiger partial charge in [-0.2, -0.15) is 0 Å². The number of aromatic nitrogens is 1. The Morgan fingerprint density at radius 2 is 1.37 bits per heavy atom. The minimum atomic E-state index is -1.58. The van der Waals surface area contributed by atoms with Crippen LogP contribution >= 0.6 is 22.7 Å². The SMILES string of the molecule is CCN(CC)c1ccc(N=Nc2nc3sc(N=Nc4ccc(CO[Si](CC)(CC)CC)cc4)cc3s2)cc1. The van der Waals surface area contributed by atoms with Crippen molar-refractivity contribution >= 4 is 67.7 Å². The third kappa shape index (κ3) is 6.99. The summed E-state index contributed by atoms with van der Waals surface area (Å²) in [6.07, 6.45) is 0. The molecule has 2 aromatic heterocycles. The van der Waals surface area contributed by atoms with Crippen LogP contribution in [0.25, 0.3) is 9.53 Å². The molecule has 0 aliphatic carbocycles. The van der Waals surface area contributed by atoms with Gasteiger partial charge in [-0.05, 0) is 80.0 Å². The van der Waals surface area contributed by atoms with Gasteiger partial charge in [0.2, 0.25) is 5.13 Å². The van der Waals surface area contributed by atoms with Gasteiger partial charge in [0.05, 0.1) is 22.7 Å². The van der Waals surface area contributed by atoms with Crippen molar-refractivity contribution in [3.05, 3.63) is 60.2 Å². The number of hydrogen-bond acceptors (Lipinski definition) is 9. The topological polar surface area (TPSA) is 74.8 Å². The quantitative estimate of drug-likeness (QED) is 0.120. The van der Waals surface area contributed by atoms with Crippen molar-refractivity contribution in [2.45, 2.75) is 59.4 Å². The van der Waals surface area contributed by atoms with E-state index in [-0.39, 0.29) is 0 Å². The fraction of sp³-hybridized carbons (Fsp3) is 0.393.